The number of hydrogen-bond donors (Lipinski definition) is 0. The van der Waals surface area contributed by atoms with Crippen molar-refractivity contribution >= 4 is 12.4 Å². The van der Waals surface area contributed by atoms with Crippen molar-refractivity contribution in [3.8, 4) is 5.75 Å². The molecule has 2 bridgehead atoms. The first-order valence-electron chi connectivity index (χ1n) is 9.85. The van der Waals surface area contributed by atoms with Crippen molar-refractivity contribution in [1.29, 1.82) is 0 Å². The van der Waals surface area contributed by atoms with Crippen LogP contribution in [-0.4, -0.2) is 31.1 Å². The number of fused-ring (bicyclic) bond motifs is 3. The van der Waals surface area contributed by atoms with Crippen molar-refractivity contribution in [2.75, 3.05) is 26.2 Å². The highest BCUT2D eigenvalue weighted by Gasteiger charge is 2.33. The Morgan fingerprint density at radius 1 is 0.846 bits per heavy atom. The van der Waals surface area contributed by atoms with E-state index in [1.54, 1.807) is 0 Å². The zero-order valence-corrected chi connectivity index (χ0v) is 16.3. The summed E-state index contributed by atoms with van der Waals surface area (Å²) in [4.78, 5) is 2.63. The third-order valence-corrected chi connectivity index (χ3v) is 6.02. The van der Waals surface area contributed by atoms with Crippen molar-refractivity contribution in [3.63, 3.8) is 0 Å². The number of benzene rings is 2. The van der Waals surface area contributed by atoms with Crippen molar-refractivity contribution in [1.82, 2.24) is 4.90 Å². The van der Waals surface area contributed by atoms with Crippen molar-refractivity contribution in [2.45, 2.75) is 32.1 Å². The van der Waals surface area contributed by atoms with E-state index < -0.39 is 0 Å². The first-order chi connectivity index (χ1) is 12.4. The maximum absolute atomic E-state index is 6.02. The van der Waals surface area contributed by atoms with Crippen LogP contribution in [0.25, 0.3) is 0 Å². The van der Waals surface area contributed by atoms with Gasteiger partial charge in [-0.1, -0.05) is 42.5 Å². The van der Waals surface area contributed by atoms with Crippen LogP contribution in [0.4, 0.5) is 0 Å². The van der Waals surface area contributed by atoms with Crippen LogP contribution in [0.5, 0.6) is 5.75 Å². The molecule has 3 aliphatic heterocycles. The molecule has 2 nitrogen and oxygen atoms in total. The monoisotopic (exact) mass is 371 g/mol. The molecule has 0 N–H and O–H groups in total. The van der Waals surface area contributed by atoms with Gasteiger partial charge in [-0.15, -0.1) is 12.4 Å². The third kappa shape index (κ3) is 5.02. The molecule has 3 aliphatic rings. The standard InChI is InChI=1S/C23H29NO.ClH/c1-2-4-19(5-3-1)6-7-20-8-10-23(11-9-20)25-17-14-22-18-24-15-12-21(22)13-16-24;/h1-5,8-11,21-22H,6-7,12-18H2;1H. The Hall–Kier alpha value is -1.51. The summed E-state index contributed by atoms with van der Waals surface area (Å²) in [6, 6.07) is 19.4. The number of ether oxygens (including phenoxy) is 1. The van der Waals surface area contributed by atoms with Gasteiger partial charge in [0.2, 0.25) is 0 Å². The normalized spacial score (nSPS) is 24.1. The highest BCUT2D eigenvalue weighted by molar-refractivity contribution is 5.85. The molecule has 2 aromatic rings. The van der Waals surface area contributed by atoms with Gasteiger partial charge in [-0.05, 0) is 80.3 Å². The first kappa shape index (κ1) is 19.3. The van der Waals surface area contributed by atoms with Gasteiger partial charge in [-0.2, -0.15) is 0 Å². The predicted molar refractivity (Wildman–Crippen MR) is 110 cm³/mol. The molecule has 1 atom stereocenters. The molecule has 0 spiro atoms. The molecule has 0 aromatic heterocycles. The first-order valence-corrected chi connectivity index (χ1v) is 9.85. The Bertz CT molecular complexity index is 650. The van der Waals surface area contributed by atoms with Crippen LogP contribution in [0.15, 0.2) is 54.6 Å². The van der Waals surface area contributed by atoms with Gasteiger partial charge >= 0.3 is 0 Å². The summed E-state index contributed by atoms with van der Waals surface area (Å²) in [5, 5.41) is 0. The van der Waals surface area contributed by atoms with Crippen LogP contribution in [0.3, 0.4) is 0 Å². The Morgan fingerprint density at radius 2 is 1.50 bits per heavy atom. The zero-order chi connectivity index (χ0) is 16.9. The third-order valence-electron chi connectivity index (χ3n) is 6.02. The summed E-state index contributed by atoms with van der Waals surface area (Å²) in [5.41, 5.74) is 2.79. The van der Waals surface area contributed by atoms with Gasteiger partial charge in [0, 0.05) is 6.54 Å². The van der Waals surface area contributed by atoms with Crippen molar-refractivity contribution in [2.24, 2.45) is 11.8 Å². The summed E-state index contributed by atoms with van der Waals surface area (Å²) in [5.74, 6) is 2.83. The average molecular weight is 372 g/mol. The molecule has 3 heteroatoms. The van der Waals surface area contributed by atoms with E-state index in [4.69, 9.17) is 4.74 Å². The molecule has 26 heavy (non-hydrogen) atoms. The summed E-state index contributed by atoms with van der Waals surface area (Å²) >= 11 is 0. The van der Waals surface area contributed by atoms with E-state index in [-0.39, 0.29) is 12.4 Å². The minimum Gasteiger partial charge on any atom is -0.494 e. The number of halogens is 1. The molecule has 0 saturated carbocycles. The largest absolute Gasteiger partial charge is 0.494 e. The van der Waals surface area contributed by atoms with Gasteiger partial charge in [0.05, 0.1) is 6.61 Å². The molecule has 0 radical (unpaired) electrons. The van der Waals surface area contributed by atoms with E-state index in [0.717, 1.165) is 37.0 Å². The van der Waals surface area contributed by atoms with E-state index >= 15 is 0 Å². The van der Waals surface area contributed by atoms with E-state index in [1.807, 2.05) is 0 Å². The van der Waals surface area contributed by atoms with Crippen LogP contribution in [0, 0.1) is 11.8 Å². The van der Waals surface area contributed by atoms with Crippen LogP contribution in [0.2, 0.25) is 0 Å². The van der Waals surface area contributed by atoms with E-state index in [0.29, 0.717) is 0 Å². The SMILES string of the molecule is Cl.c1ccc(CCc2ccc(OCCC3CN4CCC3CC4)cc2)cc1. The zero-order valence-electron chi connectivity index (χ0n) is 15.5. The minimum atomic E-state index is 0. The molecule has 1 unspecified atom stereocenters. The number of hydrogen-bond acceptors (Lipinski definition) is 2. The van der Waals surface area contributed by atoms with Gasteiger partial charge in [-0.25, -0.2) is 0 Å². The number of nitrogens with zero attached hydrogens (tertiary/aromatic N) is 1. The maximum atomic E-state index is 6.02. The molecule has 5 rings (SSSR count). The number of piperidine rings is 3. The van der Waals surface area contributed by atoms with Gasteiger partial charge < -0.3 is 9.64 Å². The summed E-state index contributed by atoms with van der Waals surface area (Å²) < 4.78 is 6.02. The lowest BCUT2D eigenvalue weighted by molar-refractivity contribution is 0.0397. The molecule has 3 saturated heterocycles. The topological polar surface area (TPSA) is 12.5 Å². The lowest BCUT2D eigenvalue weighted by Gasteiger charge is -2.44. The van der Waals surface area contributed by atoms with Gasteiger partial charge in [0.15, 0.2) is 0 Å². The second-order valence-electron chi connectivity index (χ2n) is 7.66. The smallest absolute Gasteiger partial charge is 0.119 e. The highest BCUT2D eigenvalue weighted by atomic mass is 35.5. The van der Waals surface area contributed by atoms with E-state index in [9.17, 15) is 0 Å². The molecule has 140 valence electrons. The summed E-state index contributed by atoms with van der Waals surface area (Å²) in [6.45, 7) is 4.81. The Kier molecular flexibility index (Phi) is 6.99. The quantitative estimate of drug-likeness (QED) is 0.678. The van der Waals surface area contributed by atoms with Gasteiger partial charge in [-0.3, -0.25) is 0 Å². The van der Waals surface area contributed by atoms with Crippen LogP contribution < -0.4 is 4.74 Å². The molecule has 3 fully saturated rings. The molecule has 2 aromatic carbocycles. The van der Waals surface area contributed by atoms with Crippen molar-refractivity contribution < 1.29 is 4.74 Å². The van der Waals surface area contributed by atoms with Crippen LogP contribution in [-0.2, 0) is 12.8 Å². The second-order valence-corrected chi connectivity index (χ2v) is 7.66. The second kappa shape index (κ2) is 9.43. The lowest BCUT2D eigenvalue weighted by atomic mass is 9.78. The van der Waals surface area contributed by atoms with Crippen LogP contribution in [0.1, 0.15) is 30.4 Å². The van der Waals surface area contributed by atoms with Crippen molar-refractivity contribution in [3.05, 3.63) is 65.7 Å². The molecular formula is C23H30ClNO. The molecule has 0 amide bonds. The fourth-order valence-corrected chi connectivity index (χ4v) is 4.43. The Morgan fingerprint density at radius 3 is 2.12 bits per heavy atom. The van der Waals surface area contributed by atoms with Crippen LogP contribution >= 0.6 is 12.4 Å². The van der Waals surface area contributed by atoms with Gasteiger partial charge in [0.25, 0.3) is 0 Å². The number of aryl methyl sites for hydroxylation is 2. The maximum Gasteiger partial charge on any atom is 0.119 e. The molecule has 3 heterocycles. The molecule has 0 aliphatic carbocycles. The molecular weight excluding hydrogens is 342 g/mol. The van der Waals surface area contributed by atoms with E-state index in [1.165, 1.54) is 50.0 Å². The fourth-order valence-electron chi connectivity index (χ4n) is 4.43. The average Bonchev–Trinajstić information content (AvgIpc) is 2.69. The van der Waals surface area contributed by atoms with Gasteiger partial charge in [0.1, 0.15) is 5.75 Å². The summed E-state index contributed by atoms with van der Waals surface area (Å²) in [6.07, 6.45) is 6.20. The fraction of sp³-hybridized carbons (Fsp3) is 0.478. The lowest BCUT2D eigenvalue weighted by Crippen LogP contribution is -2.47. The Balaban J connectivity index is 0.00000196. The Labute approximate surface area is 164 Å². The highest BCUT2D eigenvalue weighted by Crippen LogP contribution is 2.34. The predicted octanol–water partition coefficient (Wildman–Crippen LogP) is 5.00. The minimum absolute atomic E-state index is 0. The van der Waals surface area contributed by atoms with E-state index in [2.05, 4.69) is 59.5 Å². The summed E-state index contributed by atoms with van der Waals surface area (Å²) in [7, 11) is 0. The number of rotatable bonds is 7.